The second-order valence-electron chi connectivity index (χ2n) is 6.81. The molecule has 3 aromatic rings. The Morgan fingerprint density at radius 3 is 2.38 bits per heavy atom. The number of hydrogen-bond acceptors (Lipinski definition) is 3. The molecule has 0 atom stereocenters. The maximum absolute atomic E-state index is 13.0. The number of ketones is 1. The van der Waals surface area contributed by atoms with E-state index in [1.54, 1.807) is 12.3 Å². The molecular formula is C20H19AlNO2. The van der Waals surface area contributed by atoms with Crippen molar-refractivity contribution in [2.45, 2.75) is 26.2 Å². The molecule has 0 N–H and O–H groups in total. The van der Waals surface area contributed by atoms with E-state index in [2.05, 4.69) is 25.8 Å². The minimum atomic E-state index is -0.00133. The van der Waals surface area contributed by atoms with E-state index in [0.29, 0.717) is 22.4 Å². The fourth-order valence-corrected chi connectivity index (χ4v) is 2.97. The predicted molar refractivity (Wildman–Crippen MR) is 98.1 cm³/mol. The Morgan fingerprint density at radius 1 is 1.04 bits per heavy atom. The average Bonchev–Trinajstić information content (AvgIpc) is 2.59. The smallest absolute Gasteiger partial charge is 0.494 e. The van der Waals surface area contributed by atoms with Crippen LogP contribution in [-0.2, 0) is 5.41 Å². The molecule has 0 saturated carbocycles. The van der Waals surface area contributed by atoms with E-state index in [0.717, 1.165) is 5.39 Å². The van der Waals surface area contributed by atoms with Crippen LogP contribution in [0.1, 0.15) is 42.3 Å². The van der Waals surface area contributed by atoms with Crippen molar-refractivity contribution in [1.82, 2.24) is 4.98 Å². The molecule has 1 heterocycles. The minimum Gasteiger partial charge on any atom is -0.649 e. The van der Waals surface area contributed by atoms with Crippen molar-refractivity contribution >= 4 is 33.3 Å². The molecule has 0 fully saturated rings. The summed E-state index contributed by atoms with van der Waals surface area (Å²) in [5.41, 5.74) is 3.32. The molecule has 119 valence electrons. The topological polar surface area (TPSA) is 39.2 Å². The zero-order chi connectivity index (χ0) is 17.3. The van der Waals surface area contributed by atoms with Crippen molar-refractivity contribution in [2.75, 3.05) is 0 Å². The lowest BCUT2D eigenvalue weighted by Gasteiger charge is -2.19. The van der Waals surface area contributed by atoms with Crippen LogP contribution < -0.4 is 3.79 Å². The van der Waals surface area contributed by atoms with Gasteiger partial charge in [0.2, 0.25) is 0 Å². The molecule has 3 rings (SSSR count). The molecule has 3 nitrogen and oxygen atoms in total. The largest absolute Gasteiger partial charge is 0.649 e. The van der Waals surface area contributed by atoms with Gasteiger partial charge in [0.1, 0.15) is 11.3 Å². The predicted octanol–water partition coefficient (Wildman–Crippen LogP) is 3.96. The quantitative estimate of drug-likeness (QED) is 0.538. The van der Waals surface area contributed by atoms with Gasteiger partial charge in [0, 0.05) is 22.7 Å². The number of carbonyl (C=O) groups is 1. The SMILES string of the molecule is CC(C)(C)c1ccc(C(=O)c2ccc([O][AlH])c3ncccc23)cc1. The molecule has 0 bridgehead atoms. The fourth-order valence-electron chi connectivity index (χ4n) is 2.74. The van der Waals surface area contributed by atoms with E-state index in [4.69, 9.17) is 3.79 Å². The van der Waals surface area contributed by atoms with Gasteiger partial charge >= 0.3 is 16.6 Å². The van der Waals surface area contributed by atoms with Crippen molar-refractivity contribution in [3.63, 3.8) is 0 Å². The van der Waals surface area contributed by atoms with Crippen molar-refractivity contribution < 1.29 is 8.58 Å². The lowest BCUT2D eigenvalue weighted by atomic mass is 9.86. The fraction of sp³-hybridized carbons (Fsp3) is 0.200. The van der Waals surface area contributed by atoms with Gasteiger partial charge in [-0.3, -0.25) is 9.78 Å². The molecule has 4 heteroatoms. The molecule has 0 aliphatic carbocycles. The monoisotopic (exact) mass is 332 g/mol. The Bertz CT molecular complexity index is 896. The highest BCUT2D eigenvalue weighted by Gasteiger charge is 2.17. The summed E-state index contributed by atoms with van der Waals surface area (Å²) in [6.45, 7) is 6.48. The molecule has 1 radical (unpaired) electrons. The van der Waals surface area contributed by atoms with Gasteiger partial charge in [-0.05, 0) is 29.2 Å². The van der Waals surface area contributed by atoms with Crippen molar-refractivity contribution in [3.05, 3.63) is 71.4 Å². The maximum Gasteiger partial charge on any atom is 0.494 e. The van der Waals surface area contributed by atoms with Gasteiger partial charge in [-0.1, -0.05) is 51.1 Å². The van der Waals surface area contributed by atoms with Gasteiger partial charge in [0.25, 0.3) is 0 Å². The van der Waals surface area contributed by atoms with Crippen LogP contribution in [0.3, 0.4) is 0 Å². The number of aromatic nitrogens is 1. The van der Waals surface area contributed by atoms with Crippen LogP contribution in [-0.4, -0.2) is 27.4 Å². The summed E-state index contributed by atoms with van der Waals surface area (Å²) in [4.78, 5) is 17.3. The van der Waals surface area contributed by atoms with E-state index in [-0.39, 0.29) is 11.2 Å². The van der Waals surface area contributed by atoms with E-state index in [1.807, 2.05) is 42.5 Å². The Labute approximate surface area is 150 Å². The van der Waals surface area contributed by atoms with Gasteiger partial charge < -0.3 is 3.79 Å². The normalized spacial score (nSPS) is 11.5. The first-order valence-electron chi connectivity index (χ1n) is 7.87. The molecule has 0 amide bonds. The number of carbonyl (C=O) groups excluding carboxylic acids is 1. The second kappa shape index (κ2) is 6.39. The van der Waals surface area contributed by atoms with Gasteiger partial charge in [-0.25, -0.2) is 0 Å². The molecule has 0 aliphatic rings. The lowest BCUT2D eigenvalue weighted by Crippen LogP contribution is -2.11. The first-order valence-corrected chi connectivity index (χ1v) is 8.44. The third-order valence-corrected chi connectivity index (χ3v) is 4.46. The average molecular weight is 332 g/mol. The molecule has 0 aliphatic heterocycles. The van der Waals surface area contributed by atoms with E-state index < -0.39 is 0 Å². The zero-order valence-electron chi connectivity index (χ0n) is 14.2. The van der Waals surface area contributed by atoms with Crippen LogP contribution in [0, 0.1) is 0 Å². The summed E-state index contributed by atoms with van der Waals surface area (Å²) in [7, 11) is 0. The van der Waals surface area contributed by atoms with Crippen LogP contribution in [0.4, 0.5) is 0 Å². The van der Waals surface area contributed by atoms with Crippen LogP contribution in [0.2, 0.25) is 0 Å². The minimum absolute atomic E-state index is 0.00133. The standard InChI is InChI=1S/C20H19NO2.Al.H/c1-20(2,3)14-8-6-13(7-9-14)19(23)16-10-11-17(22)18-15(16)5-4-12-21-18;;/h4-12,22H,1-3H3;;/q;+1;/p-1. The first-order chi connectivity index (χ1) is 11.4. The van der Waals surface area contributed by atoms with Crippen molar-refractivity contribution in [3.8, 4) is 5.75 Å². The van der Waals surface area contributed by atoms with Gasteiger partial charge in [0.15, 0.2) is 5.78 Å². The number of hydrogen-bond donors (Lipinski definition) is 0. The molecule has 24 heavy (non-hydrogen) atoms. The molecule has 1 aromatic heterocycles. The van der Waals surface area contributed by atoms with Crippen LogP contribution >= 0.6 is 0 Å². The van der Waals surface area contributed by atoms with Crippen LogP contribution in [0.15, 0.2) is 54.7 Å². The van der Waals surface area contributed by atoms with Crippen LogP contribution in [0.5, 0.6) is 5.75 Å². The highest BCUT2D eigenvalue weighted by molar-refractivity contribution is 6.17. The van der Waals surface area contributed by atoms with Crippen LogP contribution in [0.25, 0.3) is 10.9 Å². The summed E-state index contributed by atoms with van der Waals surface area (Å²) in [6, 6.07) is 15.2. The number of benzene rings is 2. The van der Waals surface area contributed by atoms with Gasteiger partial charge in [0.05, 0.1) is 0 Å². The number of nitrogens with zero attached hydrogens (tertiary/aromatic N) is 1. The third-order valence-electron chi connectivity index (χ3n) is 4.15. The Kier molecular flexibility index (Phi) is 4.45. The second-order valence-corrected chi connectivity index (χ2v) is 7.10. The molecular weight excluding hydrogens is 313 g/mol. The van der Waals surface area contributed by atoms with Gasteiger partial charge in [-0.15, -0.1) is 0 Å². The summed E-state index contributed by atoms with van der Waals surface area (Å²) < 4.78 is 5.38. The van der Waals surface area contributed by atoms with Gasteiger partial charge in [-0.2, -0.15) is 0 Å². The summed E-state index contributed by atoms with van der Waals surface area (Å²) in [5.74, 6) is 0.683. The maximum atomic E-state index is 13.0. The molecule has 0 spiro atoms. The van der Waals surface area contributed by atoms with Crippen molar-refractivity contribution in [1.29, 1.82) is 0 Å². The highest BCUT2D eigenvalue weighted by atomic mass is 27.1. The zero-order valence-corrected chi connectivity index (χ0v) is 15.6. The molecule has 0 saturated heterocycles. The molecule has 0 unspecified atom stereocenters. The van der Waals surface area contributed by atoms with E-state index in [1.165, 1.54) is 22.2 Å². The molecule has 2 aromatic carbocycles. The highest BCUT2D eigenvalue weighted by Crippen LogP contribution is 2.28. The van der Waals surface area contributed by atoms with E-state index >= 15 is 0 Å². The summed E-state index contributed by atoms with van der Waals surface area (Å²) >= 11 is 1.40. The summed E-state index contributed by atoms with van der Waals surface area (Å²) in [5, 5.41) is 0.812. The number of pyridine rings is 1. The summed E-state index contributed by atoms with van der Waals surface area (Å²) in [6.07, 6.45) is 1.71. The lowest BCUT2D eigenvalue weighted by molar-refractivity contribution is 0.104. The third kappa shape index (κ3) is 3.08. The number of rotatable bonds is 3. The first kappa shape index (κ1) is 16.7. The Hall–Kier alpha value is -2.15. The van der Waals surface area contributed by atoms with E-state index in [9.17, 15) is 4.79 Å². The Balaban J connectivity index is 2.06. The number of fused-ring (bicyclic) bond motifs is 1. The Morgan fingerprint density at radius 2 is 1.75 bits per heavy atom. The van der Waals surface area contributed by atoms with Crippen molar-refractivity contribution in [2.24, 2.45) is 0 Å².